The Hall–Kier alpha value is -1.57. The molecular formula is C12H15NO. The van der Waals surface area contributed by atoms with Crippen molar-refractivity contribution in [3.63, 3.8) is 0 Å². The third-order valence-corrected chi connectivity index (χ3v) is 2.16. The van der Waals surface area contributed by atoms with E-state index in [0.29, 0.717) is 6.42 Å². The van der Waals surface area contributed by atoms with E-state index in [9.17, 15) is 4.79 Å². The molecule has 1 aromatic carbocycles. The van der Waals surface area contributed by atoms with Gasteiger partial charge in [0, 0.05) is 12.1 Å². The second-order valence-corrected chi connectivity index (χ2v) is 3.37. The van der Waals surface area contributed by atoms with Crippen molar-refractivity contribution in [2.75, 3.05) is 5.73 Å². The molecule has 2 heteroatoms. The number of nitrogen functional groups attached to an aromatic ring is 1. The first-order valence-electron chi connectivity index (χ1n) is 4.62. The molecule has 0 aromatic heterocycles. The molecule has 0 aliphatic heterocycles. The van der Waals surface area contributed by atoms with Gasteiger partial charge in [-0.25, -0.2) is 0 Å². The monoisotopic (exact) mass is 189 g/mol. The Bertz CT molecular complexity index is 344. The van der Waals surface area contributed by atoms with Crippen LogP contribution in [0.2, 0.25) is 0 Å². The molecular weight excluding hydrogens is 174 g/mol. The van der Waals surface area contributed by atoms with E-state index in [-0.39, 0.29) is 0 Å². The Morgan fingerprint density at radius 3 is 2.36 bits per heavy atom. The van der Waals surface area contributed by atoms with E-state index in [0.717, 1.165) is 28.7 Å². The minimum atomic E-state index is 0.461. The summed E-state index contributed by atoms with van der Waals surface area (Å²) in [5.41, 5.74) is 9.92. The van der Waals surface area contributed by atoms with Crippen LogP contribution in [0.15, 0.2) is 18.2 Å². The minimum absolute atomic E-state index is 0.461. The van der Waals surface area contributed by atoms with Crippen molar-refractivity contribution in [2.24, 2.45) is 0 Å². The first-order valence-corrected chi connectivity index (χ1v) is 4.62. The lowest BCUT2D eigenvalue weighted by atomic mass is 10.0. The number of carbonyl (C=O) groups is 1. The molecule has 14 heavy (non-hydrogen) atoms. The molecule has 0 heterocycles. The predicted molar refractivity (Wildman–Crippen MR) is 60.0 cm³/mol. The zero-order valence-electron chi connectivity index (χ0n) is 8.58. The highest BCUT2D eigenvalue weighted by Crippen LogP contribution is 2.19. The fourth-order valence-electron chi connectivity index (χ4n) is 1.36. The van der Waals surface area contributed by atoms with Crippen LogP contribution in [-0.2, 0) is 4.79 Å². The lowest BCUT2D eigenvalue weighted by molar-refractivity contribution is -0.107. The number of carbonyl (C=O) groups excluding carboxylic acids is 1. The van der Waals surface area contributed by atoms with Crippen LogP contribution in [0.25, 0.3) is 6.08 Å². The van der Waals surface area contributed by atoms with Crippen molar-refractivity contribution in [2.45, 2.75) is 20.3 Å². The Morgan fingerprint density at radius 2 is 1.86 bits per heavy atom. The molecule has 0 aliphatic rings. The molecule has 74 valence electrons. The van der Waals surface area contributed by atoms with Gasteiger partial charge in [0.05, 0.1) is 0 Å². The molecule has 1 rings (SSSR count). The molecule has 0 radical (unpaired) electrons. The van der Waals surface area contributed by atoms with Gasteiger partial charge in [-0.2, -0.15) is 0 Å². The summed E-state index contributed by atoms with van der Waals surface area (Å²) in [6, 6.07) is 4.03. The van der Waals surface area contributed by atoms with Crippen LogP contribution in [0.3, 0.4) is 0 Å². The van der Waals surface area contributed by atoms with Crippen molar-refractivity contribution in [3.8, 4) is 0 Å². The van der Waals surface area contributed by atoms with Crippen LogP contribution in [0, 0.1) is 13.8 Å². The second-order valence-electron chi connectivity index (χ2n) is 3.37. The molecule has 1 aromatic rings. The van der Waals surface area contributed by atoms with E-state index in [2.05, 4.69) is 0 Å². The van der Waals surface area contributed by atoms with Crippen molar-refractivity contribution in [3.05, 3.63) is 34.9 Å². The van der Waals surface area contributed by atoms with Gasteiger partial charge in [0.1, 0.15) is 6.29 Å². The maximum absolute atomic E-state index is 10.1. The Balaban J connectivity index is 2.95. The molecule has 0 spiro atoms. The number of hydrogen-bond donors (Lipinski definition) is 1. The van der Waals surface area contributed by atoms with Gasteiger partial charge < -0.3 is 10.5 Å². The number of allylic oxidation sites excluding steroid dienone is 1. The van der Waals surface area contributed by atoms with Crippen LogP contribution in [0.5, 0.6) is 0 Å². The van der Waals surface area contributed by atoms with Gasteiger partial charge in [0.25, 0.3) is 0 Å². The number of aryl methyl sites for hydroxylation is 2. The molecule has 0 unspecified atom stereocenters. The second kappa shape index (κ2) is 4.61. The average Bonchev–Trinajstić information content (AvgIpc) is 2.14. The zero-order chi connectivity index (χ0) is 10.6. The Morgan fingerprint density at radius 1 is 1.29 bits per heavy atom. The van der Waals surface area contributed by atoms with Crippen LogP contribution < -0.4 is 5.73 Å². The number of rotatable bonds is 3. The van der Waals surface area contributed by atoms with Crippen LogP contribution in [0.1, 0.15) is 23.1 Å². The van der Waals surface area contributed by atoms with E-state index < -0.39 is 0 Å². The summed E-state index contributed by atoms with van der Waals surface area (Å²) >= 11 is 0. The minimum Gasteiger partial charge on any atom is -0.398 e. The molecule has 2 N–H and O–H groups in total. The molecule has 0 saturated heterocycles. The standard InChI is InChI=1S/C12H15NO/c1-9-7-11(5-3-4-6-14)8-10(2)12(9)13/h3,5-8H,4,13H2,1-2H3. The number of anilines is 1. The fraction of sp³-hybridized carbons (Fsp3) is 0.250. The van der Waals surface area contributed by atoms with Crippen molar-refractivity contribution in [1.29, 1.82) is 0 Å². The number of nitrogens with two attached hydrogens (primary N) is 1. The summed E-state index contributed by atoms with van der Waals surface area (Å²) < 4.78 is 0. The maximum Gasteiger partial charge on any atom is 0.123 e. The fourth-order valence-corrected chi connectivity index (χ4v) is 1.36. The zero-order valence-corrected chi connectivity index (χ0v) is 8.58. The summed E-state index contributed by atoms with van der Waals surface area (Å²) in [6.07, 6.45) is 5.13. The molecule has 0 saturated carbocycles. The first kappa shape index (κ1) is 10.5. The number of hydrogen-bond acceptors (Lipinski definition) is 2. The summed E-state index contributed by atoms with van der Waals surface area (Å²) in [5.74, 6) is 0. The lowest BCUT2D eigenvalue weighted by Crippen LogP contribution is -1.93. The molecule has 0 atom stereocenters. The van der Waals surface area contributed by atoms with E-state index in [4.69, 9.17) is 5.73 Å². The van der Waals surface area contributed by atoms with Crippen molar-refractivity contribution < 1.29 is 4.79 Å². The van der Waals surface area contributed by atoms with Gasteiger partial charge in [-0.15, -0.1) is 0 Å². The molecule has 0 amide bonds. The van der Waals surface area contributed by atoms with Crippen molar-refractivity contribution in [1.82, 2.24) is 0 Å². The van der Waals surface area contributed by atoms with Crippen LogP contribution in [-0.4, -0.2) is 6.29 Å². The Kier molecular flexibility index (Phi) is 3.46. The normalized spacial score (nSPS) is 10.7. The largest absolute Gasteiger partial charge is 0.398 e. The average molecular weight is 189 g/mol. The van der Waals surface area contributed by atoms with E-state index in [1.54, 1.807) is 0 Å². The summed E-state index contributed by atoms with van der Waals surface area (Å²) in [7, 11) is 0. The number of aldehydes is 1. The highest BCUT2D eigenvalue weighted by Gasteiger charge is 1.98. The topological polar surface area (TPSA) is 43.1 Å². The van der Waals surface area contributed by atoms with Gasteiger partial charge in [0.15, 0.2) is 0 Å². The molecule has 2 nitrogen and oxygen atoms in total. The highest BCUT2D eigenvalue weighted by molar-refractivity contribution is 5.63. The third kappa shape index (κ3) is 2.46. The number of benzene rings is 1. The summed E-state index contributed by atoms with van der Waals surface area (Å²) in [6.45, 7) is 3.97. The van der Waals surface area contributed by atoms with Gasteiger partial charge in [-0.1, -0.05) is 12.2 Å². The van der Waals surface area contributed by atoms with Gasteiger partial charge in [0.2, 0.25) is 0 Å². The van der Waals surface area contributed by atoms with Gasteiger partial charge in [-0.3, -0.25) is 0 Å². The quantitative estimate of drug-likeness (QED) is 0.586. The lowest BCUT2D eigenvalue weighted by Gasteiger charge is -2.05. The SMILES string of the molecule is Cc1cc(C=CCC=O)cc(C)c1N. The van der Waals surface area contributed by atoms with E-state index in [1.807, 2.05) is 38.1 Å². The molecule has 0 aliphatic carbocycles. The maximum atomic E-state index is 10.1. The summed E-state index contributed by atoms with van der Waals surface area (Å²) in [4.78, 5) is 10.1. The highest BCUT2D eigenvalue weighted by atomic mass is 16.1. The smallest absolute Gasteiger partial charge is 0.123 e. The first-order chi connectivity index (χ1) is 6.65. The summed E-state index contributed by atoms with van der Waals surface area (Å²) in [5, 5.41) is 0. The van der Waals surface area contributed by atoms with Gasteiger partial charge in [-0.05, 0) is 42.7 Å². The van der Waals surface area contributed by atoms with E-state index in [1.165, 1.54) is 0 Å². The van der Waals surface area contributed by atoms with Crippen LogP contribution >= 0.6 is 0 Å². The van der Waals surface area contributed by atoms with Crippen LogP contribution in [0.4, 0.5) is 5.69 Å². The molecule has 0 bridgehead atoms. The predicted octanol–water partition coefficient (Wildman–Crippen LogP) is 2.49. The third-order valence-electron chi connectivity index (χ3n) is 2.16. The van der Waals surface area contributed by atoms with Gasteiger partial charge >= 0.3 is 0 Å². The van der Waals surface area contributed by atoms with E-state index >= 15 is 0 Å². The Labute approximate surface area is 84.4 Å². The van der Waals surface area contributed by atoms with Crippen molar-refractivity contribution >= 4 is 18.0 Å². The molecule has 0 fully saturated rings.